The molecule has 3 N–H and O–H groups in total. The van der Waals surface area contributed by atoms with E-state index in [4.69, 9.17) is 5.11 Å². The minimum absolute atomic E-state index is 0.0488. The van der Waals surface area contributed by atoms with Crippen molar-refractivity contribution in [2.24, 2.45) is 11.8 Å². The molecule has 3 atom stereocenters. The molecule has 2 amide bonds. The van der Waals surface area contributed by atoms with Gasteiger partial charge in [0.1, 0.15) is 0 Å². The van der Waals surface area contributed by atoms with Crippen molar-refractivity contribution in [3.8, 4) is 0 Å². The predicted molar refractivity (Wildman–Crippen MR) is 85.4 cm³/mol. The minimum atomic E-state index is -0.188. The summed E-state index contributed by atoms with van der Waals surface area (Å²) in [7, 11) is 0. The van der Waals surface area contributed by atoms with E-state index in [0.29, 0.717) is 12.3 Å². The Morgan fingerprint density at radius 1 is 1.32 bits per heavy atom. The molecule has 1 aromatic carbocycles. The van der Waals surface area contributed by atoms with E-state index in [9.17, 15) is 9.59 Å². The van der Waals surface area contributed by atoms with Gasteiger partial charge in [-0.15, -0.1) is 0 Å². The van der Waals surface area contributed by atoms with Crippen molar-refractivity contribution in [2.45, 2.75) is 39.2 Å². The molecule has 0 aliphatic heterocycles. The SMILES string of the molecule is CC[C@H](CO)NC(=O)Cc1ccc(NC(=O)[C@H]2C[C@H]2C)cc1. The Kier molecular flexibility index (Phi) is 5.55. The highest BCUT2D eigenvalue weighted by molar-refractivity contribution is 5.94. The first-order valence-electron chi connectivity index (χ1n) is 7.83. The molecule has 1 aromatic rings. The molecule has 5 nitrogen and oxygen atoms in total. The topological polar surface area (TPSA) is 78.4 Å². The summed E-state index contributed by atoms with van der Waals surface area (Å²) in [6.07, 6.45) is 1.94. The van der Waals surface area contributed by atoms with Crippen LogP contribution in [0.5, 0.6) is 0 Å². The van der Waals surface area contributed by atoms with Crippen LogP contribution < -0.4 is 10.6 Å². The minimum Gasteiger partial charge on any atom is -0.394 e. The maximum atomic E-state index is 11.8. The van der Waals surface area contributed by atoms with Crippen molar-refractivity contribution in [1.29, 1.82) is 0 Å². The van der Waals surface area contributed by atoms with Crippen LogP contribution in [0, 0.1) is 11.8 Å². The standard InChI is InChI=1S/C17H24N2O3/c1-3-13(10-20)18-16(21)9-12-4-6-14(7-5-12)19-17(22)15-8-11(15)2/h4-7,11,13,15,20H,3,8-10H2,1-2H3,(H,18,21)(H,19,22)/t11-,13-,15+/m1/s1. The molecule has 0 heterocycles. The van der Waals surface area contributed by atoms with Crippen molar-refractivity contribution in [3.05, 3.63) is 29.8 Å². The van der Waals surface area contributed by atoms with Gasteiger partial charge in [0.2, 0.25) is 11.8 Å². The Morgan fingerprint density at radius 3 is 2.45 bits per heavy atom. The number of carbonyl (C=O) groups excluding carboxylic acids is 2. The average Bonchev–Trinajstić information content (AvgIpc) is 3.24. The molecule has 1 aliphatic carbocycles. The normalized spacial score (nSPS) is 21.0. The van der Waals surface area contributed by atoms with Gasteiger partial charge in [0.15, 0.2) is 0 Å². The number of hydrogen-bond acceptors (Lipinski definition) is 3. The molecule has 0 spiro atoms. The predicted octanol–water partition coefficient (Wildman–Crippen LogP) is 1.71. The van der Waals surface area contributed by atoms with Gasteiger partial charge in [-0.05, 0) is 36.5 Å². The second-order valence-electron chi connectivity index (χ2n) is 6.04. The Morgan fingerprint density at radius 2 is 1.95 bits per heavy atom. The van der Waals surface area contributed by atoms with Gasteiger partial charge in [-0.2, -0.15) is 0 Å². The quantitative estimate of drug-likeness (QED) is 0.717. The van der Waals surface area contributed by atoms with E-state index in [1.54, 1.807) is 0 Å². The van der Waals surface area contributed by atoms with Crippen LogP contribution >= 0.6 is 0 Å². The summed E-state index contributed by atoms with van der Waals surface area (Å²) >= 11 is 0. The zero-order valence-electron chi connectivity index (χ0n) is 13.1. The summed E-state index contributed by atoms with van der Waals surface area (Å²) in [5.41, 5.74) is 1.64. The van der Waals surface area contributed by atoms with Crippen LogP contribution in [-0.4, -0.2) is 29.6 Å². The fraction of sp³-hybridized carbons (Fsp3) is 0.529. The number of aliphatic hydroxyl groups excluding tert-OH is 1. The second kappa shape index (κ2) is 7.40. The van der Waals surface area contributed by atoms with E-state index in [1.807, 2.05) is 31.2 Å². The average molecular weight is 304 g/mol. The molecule has 0 radical (unpaired) electrons. The number of carbonyl (C=O) groups is 2. The van der Waals surface area contributed by atoms with Crippen LogP contribution in [0.15, 0.2) is 24.3 Å². The Bertz CT molecular complexity index is 523. The first kappa shape index (κ1) is 16.5. The number of rotatable bonds is 7. The number of benzene rings is 1. The first-order chi connectivity index (χ1) is 10.5. The summed E-state index contributed by atoms with van der Waals surface area (Å²) in [6, 6.07) is 7.12. The monoisotopic (exact) mass is 304 g/mol. The Balaban J connectivity index is 1.83. The van der Waals surface area contributed by atoms with Crippen molar-refractivity contribution in [3.63, 3.8) is 0 Å². The van der Waals surface area contributed by atoms with Gasteiger partial charge in [0.25, 0.3) is 0 Å². The molecular formula is C17H24N2O3. The number of aliphatic hydroxyl groups is 1. The largest absolute Gasteiger partial charge is 0.394 e. The van der Waals surface area contributed by atoms with Gasteiger partial charge in [0.05, 0.1) is 19.1 Å². The van der Waals surface area contributed by atoms with E-state index in [1.165, 1.54) is 0 Å². The lowest BCUT2D eigenvalue weighted by Crippen LogP contribution is -2.37. The third-order valence-electron chi connectivity index (χ3n) is 4.11. The smallest absolute Gasteiger partial charge is 0.227 e. The number of amides is 2. The molecule has 0 unspecified atom stereocenters. The molecule has 120 valence electrons. The molecule has 2 rings (SSSR count). The fourth-order valence-corrected chi connectivity index (χ4v) is 2.37. The van der Waals surface area contributed by atoms with E-state index in [2.05, 4.69) is 17.6 Å². The molecule has 0 bridgehead atoms. The molecule has 1 aliphatic rings. The van der Waals surface area contributed by atoms with Crippen LogP contribution in [0.25, 0.3) is 0 Å². The van der Waals surface area contributed by atoms with Crippen LogP contribution in [-0.2, 0) is 16.0 Å². The van der Waals surface area contributed by atoms with Crippen LogP contribution in [0.3, 0.4) is 0 Å². The number of hydrogen-bond donors (Lipinski definition) is 3. The Hall–Kier alpha value is -1.88. The fourth-order valence-electron chi connectivity index (χ4n) is 2.37. The lowest BCUT2D eigenvalue weighted by atomic mass is 10.1. The Labute approximate surface area is 131 Å². The molecule has 0 saturated heterocycles. The highest BCUT2D eigenvalue weighted by atomic mass is 16.3. The number of nitrogens with one attached hydrogen (secondary N) is 2. The van der Waals surface area contributed by atoms with Crippen LogP contribution in [0.4, 0.5) is 5.69 Å². The van der Waals surface area contributed by atoms with Gasteiger partial charge >= 0.3 is 0 Å². The van der Waals surface area contributed by atoms with Crippen LogP contribution in [0.2, 0.25) is 0 Å². The van der Waals surface area contributed by atoms with Gasteiger partial charge in [-0.3, -0.25) is 9.59 Å². The van der Waals surface area contributed by atoms with E-state index in [0.717, 1.165) is 17.7 Å². The summed E-state index contributed by atoms with van der Waals surface area (Å²) in [5, 5.41) is 14.7. The zero-order valence-corrected chi connectivity index (χ0v) is 13.1. The third-order valence-corrected chi connectivity index (χ3v) is 4.11. The maximum Gasteiger partial charge on any atom is 0.227 e. The lowest BCUT2D eigenvalue weighted by molar-refractivity contribution is -0.121. The second-order valence-corrected chi connectivity index (χ2v) is 6.04. The molecule has 0 aromatic heterocycles. The maximum absolute atomic E-state index is 11.8. The molecule has 1 fully saturated rings. The zero-order chi connectivity index (χ0) is 16.1. The lowest BCUT2D eigenvalue weighted by Gasteiger charge is -2.14. The third kappa shape index (κ3) is 4.56. The van der Waals surface area contributed by atoms with Crippen LogP contribution in [0.1, 0.15) is 32.3 Å². The first-order valence-corrected chi connectivity index (χ1v) is 7.83. The van der Waals surface area contributed by atoms with Crippen molar-refractivity contribution in [2.75, 3.05) is 11.9 Å². The molecule has 1 saturated carbocycles. The van der Waals surface area contributed by atoms with Gasteiger partial charge in [-0.25, -0.2) is 0 Å². The summed E-state index contributed by atoms with van der Waals surface area (Å²) in [6.45, 7) is 3.94. The van der Waals surface area contributed by atoms with E-state index < -0.39 is 0 Å². The van der Waals surface area contributed by atoms with Gasteiger partial charge in [-0.1, -0.05) is 26.0 Å². The molecular weight excluding hydrogens is 280 g/mol. The van der Waals surface area contributed by atoms with Crippen molar-refractivity contribution in [1.82, 2.24) is 5.32 Å². The van der Waals surface area contributed by atoms with E-state index >= 15 is 0 Å². The summed E-state index contributed by atoms with van der Waals surface area (Å²) in [5.74, 6) is 0.604. The molecule has 22 heavy (non-hydrogen) atoms. The van der Waals surface area contributed by atoms with Gasteiger partial charge < -0.3 is 15.7 Å². The molecule has 5 heteroatoms. The summed E-state index contributed by atoms with van der Waals surface area (Å²) in [4.78, 5) is 23.7. The van der Waals surface area contributed by atoms with Crippen molar-refractivity contribution < 1.29 is 14.7 Å². The van der Waals surface area contributed by atoms with Gasteiger partial charge in [0, 0.05) is 11.6 Å². The number of anilines is 1. The summed E-state index contributed by atoms with van der Waals surface area (Å²) < 4.78 is 0. The highest BCUT2D eigenvalue weighted by Gasteiger charge is 2.38. The van der Waals surface area contributed by atoms with E-state index in [-0.39, 0.29) is 36.8 Å². The highest BCUT2D eigenvalue weighted by Crippen LogP contribution is 2.38. The van der Waals surface area contributed by atoms with Crippen molar-refractivity contribution >= 4 is 17.5 Å².